The first-order valence-electron chi connectivity index (χ1n) is 6.21. The molecule has 2 rings (SSSR count). The maximum absolute atomic E-state index is 12.0. The van der Waals surface area contributed by atoms with Crippen LogP contribution in [-0.4, -0.2) is 27.3 Å². The molecule has 1 unspecified atom stereocenters. The minimum Gasteiger partial charge on any atom is -0.391 e. The van der Waals surface area contributed by atoms with E-state index in [1.807, 2.05) is 6.92 Å². The standard InChI is InChI=1S/C12H19N3O2/c1-2-3-10(16)8-14-11-12(17)15(7-6-13-11)9-4-5-9/h6-7,9-10,16H,2-5,8H2,1H3,(H,13,14). The van der Waals surface area contributed by atoms with Gasteiger partial charge in [0.05, 0.1) is 6.10 Å². The van der Waals surface area contributed by atoms with Crippen LogP contribution in [0.2, 0.25) is 0 Å². The zero-order valence-corrected chi connectivity index (χ0v) is 10.1. The average molecular weight is 237 g/mol. The van der Waals surface area contributed by atoms with Crippen LogP contribution in [0.3, 0.4) is 0 Å². The number of nitrogens with one attached hydrogen (secondary N) is 1. The van der Waals surface area contributed by atoms with Crippen molar-refractivity contribution in [3.63, 3.8) is 0 Å². The van der Waals surface area contributed by atoms with Gasteiger partial charge in [-0.2, -0.15) is 0 Å². The number of aliphatic hydroxyl groups is 1. The highest BCUT2D eigenvalue weighted by atomic mass is 16.3. The molecule has 0 saturated heterocycles. The van der Waals surface area contributed by atoms with Gasteiger partial charge in [-0.3, -0.25) is 4.79 Å². The van der Waals surface area contributed by atoms with E-state index in [0.717, 1.165) is 25.7 Å². The molecule has 0 spiro atoms. The summed E-state index contributed by atoms with van der Waals surface area (Å²) in [6.45, 7) is 2.40. The topological polar surface area (TPSA) is 67.2 Å². The Hall–Kier alpha value is -1.36. The van der Waals surface area contributed by atoms with Crippen LogP contribution in [0.4, 0.5) is 5.82 Å². The van der Waals surface area contributed by atoms with Gasteiger partial charge in [0, 0.05) is 25.0 Å². The highest BCUT2D eigenvalue weighted by Crippen LogP contribution is 2.33. The molecule has 0 aromatic carbocycles. The van der Waals surface area contributed by atoms with E-state index in [2.05, 4.69) is 10.3 Å². The normalized spacial score (nSPS) is 16.8. The summed E-state index contributed by atoms with van der Waals surface area (Å²) in [7, 11) is 0. The van der Waals surface area contributed by atoms with Crippen molar-refractivity contribution in [2.45, 2.75) is 44.8 Å². The van der Waals surface area contributed by atoms with Crippen LogP contribution >= 0.6 is 0 Å². The third kappa shape index (κ3) is 3.06. The molecule has 1 aromatic heterocycles. The lowest BCUT2D eigenvalue weighted by atomic mass is 10.2. The highest BCUT2D eigenvalue weighted by Gasteiger charge is 2.25. The number of hydrogen-bond donors (Lipinski definition) is 2. The lowest BCUT2D eigenvalue weighted by Gasteiger charge is -2.11. The summed E-state index contributed by atoms with van der Waals surface area (Å²) >= 11 is 0. The predicted molar refractivity (Wildman–Crippen MR) is 66.2 cm³/mol. The summed E-state index contributed by atoms with van der Waals surface area (Å²) in [5, 5.41) is 12.5. The molecule has 0 amide bonds. The minimum atomic E-state index is -0.421. The predicted octanol–water partition coefficient (Wildman–Crippen LogP) is 1.15. The van der Waals surface area contributed by atoms with E-state index in [1.54, 1.807) is 17.0 Å². The van der Waals surface area contributed by atoms with E-state index in [-0.39, 0.29) is 5.56 Å². The summed E-state index contributed by atoms with van der Waals surface area (Å²) < 4.78 is 1.72. The zero-order chi connectivity index (χ0) is 12.3. The molecule has 1 aromatic rings. The van der Waals surface area contributed by atoms with Gasteiger partial charge in [-0.15, -0.1) is 0 Å². The Kier molecular flexibility index (Phi) is 3.78. The van der Waals surface area contributed by atoms with Gasteiger partial charge in [0.15, 0.2) is 5.82 Å². The monoisotopic (exact) mass is 237 g/mol. The molecule has 5 heteroatoms. The Balaban J connectivity index is 2.01. The first-order valence-corrected chi connectivity index (χ1v) is 6.21. The maximum Gasteiger partial charge on any atom is 0.293 e. The van der Waals surface area contributed by atoms with E-state index in [1.165, 1.54) is 0 Å². The molecule has 1 aliphatic carbocycles. The number of rotatable bonds is 6. The Morgan fingerprint density at radius 1 is 1.65 bits per heavy atom. The van der Waals surface area contributed by atoms with Crippen molar-refractivity contribution in [3.05, 3.63) is 22.7 Å². The number of anilines is 1. The fraction of sp³-hybridized carbons (Fsp3) is 0.667. The molecular weight excluding hydrogens is 218 g/mol. The second-order valence-corrected chi connectivity index (χ2v) is 4.54. The van der Waals surface area contributed by atoms with Crippen molar-refractivity contribution in [1.29, 1.82) is 0 Å². The van der Waals surface area contributed by atoms with Gasteiger partial charge in [-0.1, -0.05) is 13.3 Å². The lowest BCUT2D eigenvalue weighted by molar-refractivity contribution is 0.176. The molecule has 0 aliphatic heterocycles. The Morgan fingerprint density at radius 2 is 2.41 bits per heavy atom. The van der Waals surface area contributed by atoms with Gasteiger partial charge in [0.1, 0.15) is 0 Å². The second-order valence-electron chi connectivity index (χ2n) is 4.54. The van der Waals surface area contributed by atoms with E-state index < -0.39 is 6.10 Å². The molecule has 1 fully saturated rings. The SMILES string of the molecule is CCCC(O)CNc1nccn(C2CC2)c1=O. The first kappa shape index (κ1) is 12.1. The molecule has 17 heavy (non-hydrogen) atoms. The van der Waals surface area contributed by atoms with Gasteiger partial charge in [-0.05, 0) is 19.3 Å². The molecule has 1 atom stereocenters. The molecular formula is C12H19N3O2. The largest absolute Gasteiger partial charge is 0.391 e. The maximum atomic E-state index is 12.0. The van der Waals surface area contributed by atoms with E-state index in [4.69, 9.17) is 0 Å². The molecule has 1 saturated carbocycles. The molecule has 94 valence electrons. The molecule has 0 bridgehead atoms. The Bertz CT molecular complexity index is 426. The fourth-order valence-electron chi connectivity index (χ4n) is 1.84. The highest BCUT2D eigenvalue weighted by molar-refractivity contribution is 5.31. The third-order valence-corrected chi connectivity index (χ3v) is 2.94. The molecule has 0 radical (unpaired) electrons. The smallest absolute Gasteiger partial charge is 0.293 e. The quantitative estimate of drug-likeness (QED) is 0.779. The van der Waals surface area contributed by atoms with Gasteiger partial charge in [0.2, 0.25) is 0 Å². The molecule has 2 N–H and O–H groups in total. The van der Waals surface area contributed by atoms with Crippen LogP contribution in [0.15, 0.2) is 17.2 Å². The van der Waals surface area contributed by atoms with Gasteiger partial charge in [0.25, 0.3) is 5.56 Å². The molecule has 5 nitrogen and oxygen atoms in total. The van der Waals surface area contributed by atoms with Crippen LogP contribution in [-0.2, 0) is 0 Å². The summed E-state index contributed by atoms with van der Waals surface area (Å²) in [5.41, 5.74) is -0.0845. The first-order chi connectivity index (χ1) is 8.22. The van der Waals surface area contributed by atoms with Crippen molar-refractivity contribution in [2.75, 3.05) is 11.9 Å². The number of nitrogens with zero attached hydrogens (tertiary/aromatic N) is 2. The zero-order valence-electron chi connectivity index (χ0n) is 10.1. The van der Waals surface area contributed by atoms with Crippen LogP contribution in [0.5, 0.6) is 0 Å². The van der Waals surface area contributed by atoms with Crippen LogP contribution in [0.1, 0.15) is 38.6 Å². The summed E-state index contributed by atoms with van der Waals surface area (Å²) in [5.74, 6) is 0.342. The van der Waals surface area contributed by atoms with Crippen LogP contribution in [0.25, 0.3) is 0 Å². The summed E-state index contributed by atoms with van der Waals surface area (Å²) in [6, 6.07) is 0.353. The minimum absolute atomic E-state index is 0.0845. The van der Waals surface area contributed by atoms with Crippen molar-refractivity contribution >= 4 is 5.82 Å². The van der Waals surface area contributed by atoms with Crippen molar-refractivity contribution in [2.24, 2.45) is 0 Å². The fourth-order valence-corrected chi connectivity index (χ4v) is 1.84. The van der Waals surface area contributed by atoms with Gasteiger partial charge in [-0.25, -0.2) is 4.98 Å². The summed E-state index contributed by atoms with van der Waals surface area (Å²) in [6.07, 6.45) is 6.75. The van der Waals surface area contributed by atoms with Gasteiger partial charge < -0.3 is 15.0 Å². The van der Waals surface area contributed by atoms with Crippen LogP contribution in [0, 0.1) is 0 Å². The summed E-state index contributed by atoms with van der Waals surface area (Å²) in [4.78, 5) is 16.0. The van der Waals surface area contributed by atoms with E-state index in [0.29, 0.717) is 18.4 Å². The molecule has 1 aliphatic rings. The van der Waals surface area contributed by atoms with Crippen molar-refractivity contribution in [3.8, 4) is 0 Å². The molecule has 1 heterocycles. The Morgan fingerprint density at radius 3 is 3.06 bits per heavy atom. The number of aromatic nitrogens is 2. The lowest BCUT2D eigenvalue weighted by Crippen LogP contribution is -2.27. The average Bonchev–Trinajstić information content (AvgIpc) is 3.12. The Labute approximate surface area is 100 Å². The third-order valence-electron chi connectivity index (χ3n) is 2.94. The number of hydrogen-bond acceptors (Lipinski definition) is 4. The van der Waals surface area contributed by atoms with Crippen molar-refractivity contribution < 1.29 is 5.11 Å². The van der Waals surface area contributed by atoms with E-state index >= 15 is 0 Å². The number of aliphatic hydroxyl groups excluding tert-OH is 1. The second kappa shape index (κ2) is 5.31. The van der Waals surface area contributed by atoms with E-state index in [9.17, 15) is 9.90 Å². The van der Waals surface area contributed by atoms with Crippen molar-refractivity contribution in [1.82, 2.24) is 9.55 Å². The van der Waals surface area contributed by atoms with Crippen LogP contribution < -0.4 is 10.9 Å². The van der Waals surface area contributed by atoms with Gasteiger partial charge >= 0.3 is 0 Å².